The van der Waals surface area contributed by atoms with Gasteiger partial charge in [-0.15, -0.1) is 0 Å². The van der Waals surface area contributed by atoms with Gasteiger partial charge in [0.25, 0.3) is 0 Å². The lowest BCUT2D eigenvalue weighted by Crippen LogP contribution is -2.42. The first-order valence-corrected chi connectivity index (χ1v) is 15.0. The minimum atomic E-state index is -5.84. The number of aromatic nitrogens is 1. The lowest BCUT2D eigenvalue weighted by molar-refractivity contribution is -0.0546. The molecule has 1 aromatic carbocycles. The molecule has 1 N–H and O–H groups in total. The summed E-state index contributed by atoms with van der Waals surface area (Å²) in [5.41, 5.74) is -2.77. The summed E-state index contributed by atoms with van der Waals surface area (Å²) in [6.45, 7) is 11.1. The SMILES string of the molecule is CC1CC=C(OS(=O)(=O)C(F)(F)F)N(C(=O)OC(C)(C)C)C1.Cc1cnc2cc(C3=CCC(C)CN3C(=O)O)ccc2c1. The van der Waals surface area contributed by atoms with E-state index < -0.39 is 39.3 Å². The monoisotopic (exact) mass is 627 g/mol. The number of nitrogens with zero attached hydrogens (tertiary/aromatic N) is 3. The maximum atomic E-state index is 12.4. The highest BCUT2D eigenvalue weighted by Crippen LogP contribution is 2.31. The number of hydrogen-bond donors (Lipinski definition) is 1. The van der Waals surface area contributed by atoms with Crippen molar-refractivity contribution in [2.75, 3.05) is 13.1 Å². The third-order valence-electron chi connectivity index (χ3n) is 6.39. The molecule has 0 saturated heterocycles. The van der Waals surface area contributed by atoms with Crippen LogP contribution in [-0.2, 0) is 19.0 Å². The number of fused-ring (bicyclic) bond motifs is 1. The highest BCUT2D eigenvalue weighted by molar-refractivity contribution is 7.87. The molecule has 0 bridgehead atoms. The Morgan fingerprint density at radius 1 is 1.00 bits per heavy atom. The quantitative estimate of drug-likeness (QED) is 0.289. The minimum Gasteiger partial charge on any atom is -0.465 e. The standard InChI is InChI=1S/C17H18N2O2.C12H18F3NO5S/c1-11-3-6-16(19(10-11)17(20)21)14-5-4-13-7-12(2)9-18-15(13)8-14;1-8-5-6-9(21-22(18,19)12(13,14)15)16(7-8)10(17)20-11(2,3)4/h4-9,11H,3,10H2,1-2H3,(H,20,21);6,8H,5,7H2,1-4H3. The van der Waals surface area contributed by atoms with Gasteiger partial charge >= 0.3 is 27.8 Å². The molecule has 0 spiro atoms. The third kappa shape index (κ3) is 8.85. The Labute approximate surface area is 248 Å². The fourth-order valence-corrected chi connectivity index (χ4v) is 4.84. The number of hydrogen-bond acceptors (Lipinski definition) is 7. The van der Waals surface area contributed by atoms with E-state index >= 15 is 0 Å². The zero-order valence-electron chi connectivity index (χ0n) is 24.8. The van der Waals surface area contributed by atoms with Gasteiger partial charge in [-0.05, 0) is 76.1 Å². The predicted molar refractivity (Wildman–Crippen MR) is 154 cm³/mol. The highest BCUT2D eigenvalue weighted by Gasteiger charge is 2.50. The summed E-state index contributed by atoms with van der Waals surface area (Å²) < 4.78 is 68.5. The normalized spacial score (nSPS) is 19.6. The fourth-order valence-electron chi connectivity index (χ4n) is 4.36. The molecule has 43 heavy (non-hydrogen) atoms. The van der Waals surface area contributed by atoms with Crippen LogP contribution in [0.3, 0.4) is 0 Å². The molecular weight excluding hydrogens is 591 g/mol. The van der Waals surface area contributed by atoms with Gasteiger partial charge < -0.3 is 14.0 Å². The fraction of sp³-hybridized carbons (Fsp3) is 0.483. The van der Waals surface area contributed by atoms with Crippen molar-refractivity contribution in [3.8, 4) is 0 Å². The van der Waals surface area contributed by atoms with Crippen LogP contribution in [0, 0.1) is 18.8 Å². The molecule has 236 valence electrons. The third-order valence-corrected chi connectivity index (χ3v) is 7.35. The van der Waals surface area contributed by atoms with Crippen molar-refractivity contribution in [1.82, 2.24) is 14.8 Å². The van der Waals surface area contributed by atoms with Crippen molar-refractivity contribution in [1.29, 1.82) is 0 Å². The summed E-state index contributed by atoms with van der Waals surface area (Å²) in [6, 6.07) is 8.02. The number of amides is 2. The van der Waals surface area contributed by atoms with E-state index in [2.05, 4.69) is 22.2 Å². The summed E-state index contributed by atoms with van der Waals surface area (Å²) in [5.74, 6) is -0.413. The van der Waals surface area contributed by atoms with Gasteiger partial charge in [0.05, 0.1) is 11.2 Å². The van der Waals surface area contributed by atoms with E-state index in [0.29, 0.717) is 12.5 Å². The zero-order chi connectivity index (χ0) is 32.3. The van der Waals surface area contributed by atoms with Crippen LogP contribution >= 0.6 is 0 Å². The first kappa shape index (κ1) is 33.7. The van der Waals surface area contributed by atoms with E-state index in [1.165, 1.54) is 4.90 Å². The topological polar surface area (TPSA) is 126 Å². The molecule has 0 fully saturated rings. The van der Waals surface area contributed by atoms with Crippen LogP contribution in [0.25, 0.3) is 16.6 Å². The first-order chi connectivity index (χ1) is 19.8. The molecule has 14 heteroatoms. The van der Waals surface area contributed by atoms with E-state index in [1.807, 2.05) is 37.4 Å². The van der Waals surface area contributed by atoms with Crippen molar-refractivity contribution in [2.24, 2.45) is 11.8 Å². The van der Waals surface area contributed by atoms with Crippen LogP contribution in [0.2, 0.25) is 0 Å². The average molecular weight is 628 g/mol. The van der Waals surface area contributed by atoms with Crippen LogP contribution < -0.4 is 0 Å². The lowest BCUT2D eigenvalue weighted by atomic mass is 9.98. The van der Waals surface area contributed by atoms with Crippen LogP contribution in [0.15, 0.2) is 48.5 Å². The Kier molecular flexibility index (Phi) is 10.0. The van der Waals surface area contributed by atoms with Gasteiger partial charge in [0, 0.05) is 30.2 Å². The number of rotatable bonds is 3. The number of aryl methyl sites for hydroxylation is 1. The van der Waals surface area contributed by atoms with Gasteiger partial charge in [0.1, 0.15) is 5.60 Å². The van der Waals surface area contributed by atoms with E-state index in [1.54, 1.807) is 27.7 Å². The number of carbonyl (C=O) groups is 2. The van der Waals surface area contributed by atoms with Gasteiger partial charge in [-0.2, -0.15) is 21.6 Å². The molecule has 0 aliphatic carbocycles. The second-order valence-corrected chi connectivity index (χ2v) is 13.2. The molecule has 3 heterocycles. The van der Waals surface area contributed by atoms with E-state index in [9.17, 15) is 36.3 Å². The molecule has 10 nitrogen and oxygen atoms in total. The highest BCUT2D eigenvalue weighted by atomic mass is 32.2. The van der Waals surface area contributed by atoms with Crippen LogP contribution in [0.4, 0.5) is 22.8 Å². The second kappa shape index (κ2) is 12.8. The summed E-state index contributed by atoms with van der Waals surface area (Å²) in [4.78, 5) is 30.1. The zero-order valence-corrected chi connectivity index (χ0v) is 25.6. The Balaban J connectivity index is 0.000000235. The van der Waals surface area contributed by atoms with Crippen LogP contribution in [0.1, 0.15) is 58.6 Å². The van der Waals surface area contributed by atoms with Crippen LogP contribution in [-0.4, -0.2) is 64.7 Å². The molecule has 2 aliphatic heterocycles. The molecular formula is C29H36F3N3O7S. The van der Waals surface area contributed by atoms with Gasteiger partial charge in [-0.25, -0.2) is 14.5 Å². The van der Waals surface area contributed by atoms with E-state index in [4.69, 9.17) is 4.74 Å². The molecule has 0 saturated carbocycles. The number of ether oxygens (including phenoxy) is 1. The van der Waals surface area contributed by atoms with Gasteiger partial charge in [-0.3, -0.25) is 9.88 Å². The molecule has 4 rings (SSSR count). The predicted octanol–water partition coefficient (Wildman–Crippen LogP) is 6.87. The molecule has 2 aliphatic rings. The summed E-state index contributed by atoms with van der Waals surface area (Å²) >= 11 is 0. The number of carboxylic acid groups (broad SMARTS) is 1. The number of benzene rings is 1. The van der Waals surface area contributed by atoms with E-state index in [-0.39, 0.29) is 18.9 Å². The number of alkyl halides is 3. The maximum absolute atomic E-state index is 12.4. The lowest BCUT2D eigenvalue weighted by Gasteiger charge is -2.32. The summed E-state index contributed by atoms with van der Waals surface area (Å²) in [7, 11) is -5.84. The molecule has 2 unspecified atom stereocenters. The molecule has 0 radical (unpaired) electrons. The van der Waals surface area contributed by atoms with Crippen molar-refractivity contribution < 1.29 is 45.2 Å². The number of pyridine rings is 1. The number of allylic oxidation sites excluding steroid dienone is 2. The Hall–Kier alpha value is -3.81. The van der Waals surface area contributed by atoms with Gasteiger partial charge in [0.15, 0.2) is 0 Å². The minimum absolute atomic E-state index is 0.00583. The second-order valence-electron chi connectivity index (χ2n) is 11.7. The van der Waals surface area contributed by atoms with Crippen molar-refractivity contribution in [3.05, 3.63) is 59.6 Å². The first-order valence-electron chi connectivity index (χ1n) is 13.6. The van der Waals surface area contributed by atoms with E-state index in [0.717, 1.165) is 45.1 Å². The van der Waals surface area contributed by atoms with Crippen molar-refractivity contribution in [3.63, 3.8) is 0 Å². The summed E-state index contributed by atoms with van der Waals surface area (Å²) in [6.07, 6.45) is 4.28. The maximum Gasteiger partial charge on any atom is 0.534 e. The average Bonchev–Trinajstić information content (AvgIpc) is 2.88. The smallest absolute Gasteiger partial charge is 0.465 e. The van der Waals surface area contributed by atoms with Crippen molar-refractivity contribution >= 4 is 38.9 Å². The summed E-state index contributed by atoms with van der Waals surface area (Å²) in [5, 5.41) is 10.5. The molecule has 2 atom stereocenters. The molecule has 1 aromatic heterocycles. The van der Waals surface area contributed by atoms with Gasteiger partial charge in [-0.1, -0.05) is 32.1 Å². The molecule has 2 aromatic rings. The number of halogens is 3. The largest absolute Gasteiger partial charge is 0.534 e. The molecule has 2 amide bonds. The number of carbonyl (C=O) groups excluding carboxylic acids is 1. The Morgan fingerprint density at radius 3 is 2.19 bits per heavy atom. The Morgan fingerprint density at radius 2 is 1.60 bits per heavy atom. The van der Waals surface area contributed by atoms with Crippen LogP contribution in [0.5, 0.6) is 0 Å². The van der Waals surface area contributed by atoms with Gasteiger partial charge in [0.2, 0.25) is 5.88 Å². The van der Waals surface area contributed by atoms with Crippen molar-refractivity contribution in [2.45, 2.75) is 65.5 Å². The Bertz CT molecular complexity index is 1530.